The van der Waals surface area contributed by atoms with Crippen LogP contribution < -0.4 is 5.73 Å². The predicted molar refractivity (Wildman–Crippen MR) is 79.6 cm³/mol. The van der Waals surface area contributed by atoms with Crippen molar-refractivity contribution in [2.24, 2.45) is 5.73 Å². The summed E-state index contributed by atoms with van der Waals surface area (Å²) in [4.78, 5) is 0. The van der Waals surface area contributed by atoms with Gasteiger partial charge in [0, 0.05) is 16.8 Å². The van der Waals surface area contributed by atoms with E-state index in [1.807, 2.05) is 29.1 Å². The number of nitrogens with zero attached hydrogens (tertiary/aromatic N) is 2. The van der Waals surface area contributed by atoms with Crippen LogP contribution in [0.4, 0.5) is 0 Å². The number of rotatable bonds is 4. The molecule has 1 aromatic carbocycles. The van der Waals surface area contributed by atoms with Gasteiger partial charge in [0.05, 0.1) is 24.5 Å². The Morgan fingerprint density at radius 1 is 1.37 bits per heavy atom. The van der Waals surface area contributed by atoms with Crippen molar-refractivity contribution >= 4 is 34.3 Å². The summed E-state index contributed by atoms with van der Waals surface area (Å²) in [5.41, 5.74) is 8.12. The van der Waals surface area contributed by atoms with E-state index in [1.165, 1.54) is 0 Å². The molecular formula is C14H18ClN3O. The second-order valence-corrected chi connectivity index (χ2v) is 4.71. The number of furan rings is 1. The van der Waals surface area contributed by atoms with Gasteiger partial charge in [-0.1, -0.05) is 13.3 Å². The second kappa shape index (κ2) is 5.63. The van der Waals surface area contributed by atoms with Crippen LogP contribution in [-0.2, 0) is 6.54 Å². The molecule has 0 aliphatic carbocycles. The summed E-state index contributed by atoms with van der Waals surface area (Å²) >= 11 is 0. The average Bonchev–Trinajstić information content (AvgIpc) is 2.94. The zero-order chi connectivity index (χ0) is 12.5. The average molecular weight is 280 g/mol. The molecule has 102 valence electrons. The third-order valence-electron chi connectivity index (χ3n) is 3.30. The normalized spacial score (nSPS) is 12.7. The molecule has 0 fully saturated rings. The van der Waals surface area contributed by atoms with Crippen molar-refractivity contribution in [2.45, 2.75) is 32.4 Å². The van der Waals surface area contributed by atoms with Gasteiger partial charge in [0.15, 0.2) is 0 Å². The molecular weight excluding hydrogens is 262 g/mol. The molecule has 1 unspecified atom stereocenters. The van der Waals surface area contributed by atoms with Crippen molar-refractivity contribution in [1.82, 2.24) is 9.78 Å². The van der Waals surface area contributed by atoms with E-state index in [-0.39, 0.29) is 18.4 Å². The summed E-state index contributed by atoms with van der Waals surface area (Å²) in [6, 6.07) is 6.16. The van der Waals surface area contributed by atoms with Gasteiger partial charge in [0.2, 0.25) is 0 Å². The number of hydrogen-bond acceptors (Lipinski definition) is 3. The van der Waals surface area contributed by atoms with E-state index in [4.69, 9.17) is 10.2 Å². The van der Waals surface area contributed by atoms with Gasteiger partial charge in [-0.2, -0.15) is 5.10 Å². The summed E-state index contributed by atoms with van der Waals surface area (Å²) in [5, 5.41) is 6.68. The minimum absolute atomic E-state index is 0. The van der Waals surface area contributed by atoms with Crippen molar-refractivity contribution in [1.29, 1.82) is 0 Å². The second-order valence-electron chi connectivity index (χ2n) is 4.71. The van der Waals surface area contributed by atoms with E-state index in [0.717, 1.165) is 41.3 Å². The number of benzene rings is 1. The lowest BCUT2D eigenvalue weighted by molar-refractivity contribution is 0.492. The number of nitrogens with two attached hydrogens (primary N) is 1. The highest BCUT2D eigenvalue weighted by Gasteiger charge is 2.11. The Kier molecular flexibility index (Phi) is 4.12. The van der Waals surface area contributed by atoms with Gasteiger partial charge in [-0.15, -0.1) is 12.4 Å². The molecule has 0 saturated heterocycles. The van der Waals surface area contributed by atoms with Gasteiger partial charge in [-0.3, -0.25) is 4.68 Å². The van der Waals surface area contributed by atoms with Crippen LogP contribution in [-0.4, -0.2) is 15.8 Å². The number of fused-ring (bicyclic) bond motifs is 3. The van der Waals surface area contributed by atoms with Crippen molar-refractivity contribution in [3.8, 4) is 0 Å². The minimum Gasteiger partial charge on any atom is -0.464 e. The molecule has 0 saturated carbocycles. The molecule has 2 heterocycles. The lowest BCUT2D eigenvalue weighted by Crippen LogP contribution is -2.26. The standard InChI is InChI=1S/C14H17N3O.ClH/c1-2-3-11(15)9-17-14-10(8-16-17)4-5-13-12(14)6-7-18-13;/h4-8,11H,2-3,9,15H2,1H3;1H. The molecule has 19 heavy (non-hydrogen) atoms. The van der Waals surface area contributed by atoms with Gasteiger partial charge in [0.1, 0.15) is 5.58 Å². The van der Waals surface area contributed by atoms with E-state index in [1.54, 1.807) is 6.26 Å². The molecule has 2 N–H and O–H groups in total. The van der Waals surface area contributed by atoms with Crippen LogP contribution in [0.5, 0.6) is 0 Å². The lowest BCUT2D eigenvalue weighted by Gasteiger charge is -2.11. The number of hydrogen-bond donors (Lipinski definition) is 1. The van der Waals surface area contributed by atoms with Crippen LogP contribution in [0.25, 0.3) is 21.9 Å². The first-order valence-electron chi connectivity index (χ1n) is 6.37. The Hall–Kier alpha value is -1.52. The van der Waals surface area contributed by atoms with Gasteiger partial charge in [-0.05, 0) is 24.6 Å². The van der Waals surface area contributed by atoms with Crippen LogP contribution in [0.2, 0.25) is 0 Å². The third kappa shape index (κ3) is 2.46. The predicted octanol–water partition coefficient (Wildman–Crippen LogP) is 3.33. The van der Waals surface area contributed by atoms with Gasteiger partial charge in [0.25, 0.3) is 0 Å². The summed E-state index contributed by atoms with van der Waals surface area (Å²) < 4.78 is 7.42. The van der Waals surface area contributed by atoms with Crippen LogP contribution in [0.3, 0.4) is 0 Å². The summed E-state index contributed by atoms with van der Waals surface area (Å²) in [6.45, 7) is 2.90. The van der Waals surface area contributed by atoms with E-state index in [2.05, 4.69) is 12.0 Å². The van der Waals surface area contributed by atoms with E-state index < -0.39 is 0 Å². The molecule has 2 aromatic heterocycles. The van der Waals surface area contributed by atoms with Gasteiger partial charge < -0.3 is 10.2 Å². The van der Waals surface area contributed by atoms with Gasteiger partial charge in [-0.25, -0.2) is 0 Å². The first-order chi connectivity index (χ1) is 8.79. The molecule has 5 heteroatoms. The molecule has 0 aliphatic rings. The SMILES string of the molecule is CCCC(N)Cn1ncc2ccc3occc3c21.Cl. The van der Waals surface area contributed by atoms with Crippen molar-refractivity contribution in [3.63, 3.8) is 0 Å². The molecule has 3 rings (SSSR count). The minimum atomic E-state index is 0. The van der Waals surface area contributed by atoms with E-state index in [0.29, 0.717) is 0 Å². The molecule has 0 bridgehead atoms. The Labute approximate surface area is 118 Å². The Bertz CT molecular complexity index is 673. The smallest absolute Gasteiger partial charge is 0.136 e. The molecule has 4 nitrogen and oxygen atoms in total. The fraction of sp³-hybridized carbons (Fsp3) is 0.357. The molecule has 0 amide bonds. The molecule has 0 spiro atoms. The number of halogens is 1. The highest BCUT2D eigenvalue weighted by molar-refractivity contribution is 6.03. The van der Waals surface area contributed by atoms with Crippen molar-refractivity contribution in [3.05, 3.63) is 30.7 Å². The molecule has 0 radical (unpaired) electrons. The van der Waals surface area contributed by atoms with E-state index >= 15 is 0 Å². The Morgan fingerprint density at radius 3 is 3.00 bits per heavy atom. The molecule has 3 aromatic rings. The van der Waals surface area contributed by atoms with Crippen LogP contribution in [0.15, 0.2) is 35.1 Å². The third-order valence-corrected chi connectivity index (χ3v) is 3.30. The van der Waals surface area contributed by atoms with Crippen LogP contribution >= 0.6 is 12.4 Å². The highest BCUT2D eigenvalue weighted by atomic mass is 35.5. The zero-order valence-corrected chi connectivity index (χ0v) is 11.7. The maximum atomic E-state index is 6.10. The topological polar surface area (TPSA) is 57.0 Å². The summed E-state index contributed by atoms with van der Waals surface area (Å²) in [5.74, 6) is 0. The fourth-order valence-electron chi connectivity index (χ4n) is 2.45. The fourth-order valence-corrected chi connectivity index (χ4v) is 2.45. The monoisotopic (exact) mass is 279 g/mol. The zero-order valence-electron chi connectivity index (χ0n) is 10.9. The maximum Gasteiger partial charge on any atom is 0.136 e. The van der Waals surface area contributed by atoms with Crippen LogP contribution in [0, 0.1) is 0 Å². The first kappa shape index (κ1) is 13.9. The Balaban J connectivity index is 0.00000133. The van der Waals surface area contributed by atoms with Crippen LogP contribution in [0.1, 0.15) is 19.8 Å². The van der Waals surface area contributed by atoms with Gasteiger partial charge >= 0.3 is 0 Å². The quantitative estimate of drug-likeness (QED) is 0.797. The summed E-state index contributed by atoms with van der Waals surface area (Å²) in [7, 11) is 0. The molecule has 1 atom stereocenters. The van der Waals surface area contributed by atoms with Crippen molar-refractivity contribution in [2.75, 3.05) is 0 Å². The largest absolute Gasteiger partial charge is 0.464 e. The lowest BCUT2D eigenvalue weighted by atomic mass is 10.1. The first-order valence-corrected chi connectivity index (χ1v) is 6.37. The Morgan fingerprint density at radius 2 is 2.21 bits per heavy atom. The van der Waals surface area contributed by atoms with Crippen molar-refractivity contribution < 1.29 is 4.42 Å². The summed E-state index contributed by atoms with van der Waals surface area (Å²) in [6.07, 6.45) is 5.72. The number of aromatic nitrogens is 2. The highest BCUT2D eigenvalue weighted by Crippen LogP contribution is 2.26. The van der Waals surface area contributed by atoms with E-state index in [9.17, 15) is 0 Å². The maximum absolute atomic E-state index is 6.10. The molecule has 0 aliphatic heterocycles.